The van der Waals surface area contributed by atoms with E-state index in [1.165, 1.54) is 0 Å². The minimum Gasteiger partial charge on any atom is -0.497 e. The molecular formula is C18H22ClN2O3+. The molecule has 0 heterocycles. The molecule has 0 radical (unpaired) electrons. The molecule has 0 saturated carbocycles. The minimum absolute atomic E-state index is 0.115. The number of hydrogen-bond donors (Lipinski definition) is 2. The standard InChI is InChI=1S/C18H21ClN2O3/c1-12(13-5-4-6-14(19)9-13)20-11-18(22)21-16-10-15(23-2)7-8-17(16)24-3/h4-10,12,20H,11H2,1-3H3,(H,21,22)/p+1/t12-/m0/s1. The first-order valence-electron chi connectivity index (χ1n) is 7.64. The molecule has 2 aromatic rings. The predicted octanol–water partition coefficient (Wildman–Crippen LogP) is 2.62. The molecule has 0 fully saturated rings. The molecule has 5 nitrogen and oxygen atoms in total. The van der Waals surface area contributed by atoms with Gasteiger partial charge >= 0.3 is 0 Å². The maximum Gasteiger partial charge on any atom is 0.279 e. The molecule has 24 heavy (non-hydrogen) atoms. The summed E-state index contributed by atoms with van der Waals surface area (Å²) in [6.45, 7) is 2.32. The van der Waals surface area contributed by atoms with Gasteiger partial charge in [-0.1, -0.05) is 23.7 Å². The van der Waals surface area contributed by atoms with Crippen LogP contribution in [0.3, 0.4) is 0 Å². The van der Waals surface area contributed by atoms with Crippen LogP contribution >= 0.6 is 11.6 Å². The van der Waals surface area contributed by atoms with Crippen molar-refractivity contribution in [2.24, 2.45) is 0 Å². The molecule has 0 unspecified atom stereocenters. The quantitative estimate of drug-likeness (QED) is 0.807. The number of carbonyl (C=O) groups excluding carboxylic acids is 1. The van der Waals surface area contributed by atoms with E-state index in [0.29, 0.717) is 22.2 Å². The number of hydrogen-bond acceptors (Lipinski definition) is 3. The first-order valence-corrected chi connectivity index (χ1v) is 8.02. The summed E-state index contributed by atoms with van der Waals surface area (Å²) in [5.41, 5.74) is 1.67. The Bertz CT molecular complexity index is 706. The average molecular weight is 350 g/mol. The summed E-state index contributed by atoms with van der Waals surface area (Å²) in [4.78, 5) is 12.2. The van der Waals surface area contributed by atoms with Crippen molar-refractivity contribution in [1.29, 1.82) is 0 Å². The SMILES string of the molecule is COc1ccc(OC)c(NC(=O)C[NH2+][C@@H](C)c2cccc(Cl)c2)c1. The summed E-state index contributed by atoms with van der Waals surface area (Å²) < 4.78 is 10.4. The van der Waals surface area contributed by atoms with Crippen LogP contribution in [0, 0.1) is 0 Å². The number of anilines is 1. The van der Waals surface area contributed by atoms with E-state index in [1.807, 2.05) is 36.5 Å². The Balaban J connectivity index is 1.96. The summed E-state index contributed by atoms with van der Waals surface area (Å²) >= 11 is 6.00. The van der Waals surface area contributed by atoms with Crippen LogP contribution < -0.4 is 20.1 Å². The normalized spacial score (nSPS) is 11.7. The summed E-state index contributed by atoms with van der Waals surface area (Å²) in [6.07, 6.45) is 0. The van der Waals surface area contributed by atoms with Gasteiger partial charge in [0.05, 0.1) is 19.9 Å². The van der Waals surface area contributed by atoms with E-state index in [-0.39, 0.29) is 18.5 Å². The smallest absolute Gasteiger partial charge is 0.279 e. The van der Waals surface area contributed by atoms with Gasteiger partial charge in [-0.25, -0.2) is 0 Å². The van der Waals surface area contributed by atoms with Gasteiger partial charge < -0.3 is 20.1 Å². The Labute approximate surface area is 146 Å². The Kier molecular flexibility index (Phi) is 6.46. The number of amides is 1. The lowest BCUT2D eigenvalue weighted by molar-refractivity contribution is -0.682. The van der Waals surface area contributed by atoms with Gasteiger partial charge in [0.25, 0.3) is 5.91 Å². The first-order chi connectivity index (χ1) is 11.5. The minimum atomic E-state index is -0.115. The molecule has 0 aliphatic heterocycles. The summed E-state index contributed by atoms with van der Waals surface area (Å²) in [5, 5.41) is 5.50. The van der Waals surface area contributed by atoms with E-state index in [9.17, 15) is 4.79 Å². The monoisotopic (exact) mass is 349 g/mol. The lowest BCUT2D eigenvalue weighted by Crippen LogP contribution is -2.86. The molecule has 0 spiro atoms. The number of benzene rings is 2. The van der Waals surface area contributed by atoms with Crippen molar-refractivity contribution in [3.8, 4) is 11.5 Å². The largest absolute Gasteiger partial charge is 0.497 e. The van der Waals surface area contributed by atoms with E-state index in [4.69, 9.17) is 21.1 Å². The number of ether oxygens (including phenoxy) is 2. The summed E-state index contributed by atoms with van der Waals surface area (Å²) in [6, 6.07) is 13.0. The number of nitrogens with one attached hydrogen (secondary N) is 1. The van der Waals surface area contributed by atoms with Crippen LogP contribution in [0.15, 0.2) is 42.5 Å². The molecule has 6 heteroatoms. The molecule has 2 aromatic carbocycles. The van der Waals surface area contributed by atoms with E-state index < -0.39 is 0 Å². The van der Waals surface area contributed by atoms with E-state index in [0.717, 1.165) is 5.56 Å². The molecule has 0 aliphatic carbocycles. The predicted molar refractivity (Wildman–Crippen MR) is 94.8 cm³/mol. The number of carbonyl (C=O) groups is 1. The second-order valence-corrected chi connectivity index (χ2v) is 5.83. The van der Waals surface area contributed by atoms with Gasteiger partial charge in [0.2, 0.25) is 0 Å². The fourth-order valence-electron chi connectivity index (χ4n) is 2.32. The zero-order valence-corrected chi connectivity index (χ0v) is 14.8. The maximum atomic E-state index is 12.2. The molecular weight excluding hydrogens is 328 g/mol. The third-order valence-corrected chi connectivity index (χ3v) is 3.95. The topological polar surface area (TPSA) is 64.2 Å². The summed E-state index contributed by atoms with van der Waals surface area (Å²) in [5.74, 6) is 1.13. The van der Waals surface area contributed by atoms with E-state index >= 15 is 0 Å². The first kappa shape index (κ1) is 18.1. The molecule has 0 aromatic heterocycles. The van der Waals surface area contributed by atoms with Gasteiger partial charge in [0.1, 0.15) is 17.5 Å². The zero-order chi connectivity index (χ0) is 17.5. The Morgan fingerprint density at radius 2 is 2.00 bits per heavy atom. The van der Waals surface area contributed by atoms with Crippen molar-refractivity contribution in [3.05, 3.63) is 53.1 Å². The highest BCUT2D eigenvalue weighted by Crippen LogP contribution is 2.28. The molecule has 2 rings (SSSR count). The van der Waals surface area contributed by atoms with Crippen molar-refractivity contribution in [2.75, 3.05) is 26.1 Å². The zero-order valence-electron chi connectivity index (χ0n) is 14.0. The van der Waals surface area contributed by atoms with Gasteiger partial charge in [-0.05, 0) is 31.2 Å². The second kappa shape index (κ2) is 8.57. The summed E-state index contributed by atoms with van der Waals surface area (Å²) in [7, 11) is 3.14. The average Bonchev–Trinajstić information content (AvgIpc) is 2.59. The van der Waals surface area contributed by atoms with Crippen LogP contribution in [0.25, 0.3) is 0 Å². The van der Waals surface area contributed by atoms with Crippen LogP contribution in [0.5, 0.6) is 11.5 Å². The van der Waals surface area contributed by atoms with Crippen molar-refractivity contribution in [3.63, 3.8) is 0 Å². The van der Waals surface area contributed by atoms with Crippen molar-refractivity contribution in [1.82, 2.24) is 0 Å². The highest BCUT2D eigenvalue weighted by molar-refractivity contribution is 6.30. The Hall–Kier alpha value is -2.24. The number of rotatable bonds is 7. The van der Waals surface area contributed by atoms with Gasteiger partial charge in [-0.3, -0.25) is 4.79 Å². The van der Waals surface area contributed by atoms with Crippen molar-refractivity contribution >= 4 is 23.2 Å². The van der Waals surface area contributed by atoms with Crippen LogP contribution in [0.1, 0.15) is 18.5 Å². The number of halogens is 1. The van der Waals surface area contributed by atoms with Gasteiger partial charge in [-0.2, -0.15) is 0 Å². The van der Waals surface area contributed by atoms with Crippen molar-refractivity contribution in [2.45, 2.75) is 13.0 Å². The Morgan fingerprint density at radius 3 is 2.67 bits per heavy atom. The fraction of sp³-hybridized carbons (Fsp3) is 0.278. The third-order valence-electron chi connectivity index (χ3n) is 3.71. The molecule has 1 atom stereocenters. The highest BCUT2D eigenvalue weighted by atomic mass is 35.5. The number of nitrogens with two attached hydrogens (primary N) is 1. The van der Waals surface area contributed by atoms with Gasteiger partial charge in [0, 0.05) is 16.7 Å². The molecule has 128 valence electrons. The van der Waals surface area contributed by atoms with Crippen LogP contribution in [0.4, 0.5) is 5.69 Å². The fourth-order valence-corrected chi connectivity index (χ4v) is 2.52. The maximum absolute atomic E-state index is 12.2. The second-order valence-electron chi connectivity index (χ2n) is 5.40. The molecule has 3 N–H and O–H groups in total. The lowest BCUT2D eigenvalue weighted by atomic mass is 10.1. The van der Waals surface area contributed by atoms with Gasteiger partial charge in [0.15, 0.2) is 6.54 Å². The van der Waals surface area contributed by atoms with Crippen molar-refractivity contribution < 1.29 is 19.6 Å². The lowest BCUT2D eigenvalue weighted by Gasteiger charge is -2.13. The highest BCUT2D eigenvalue weighted by Gasteiger charge is 2.14. The molecule has 0 bridgehead atoms. The number of quaternary nitrogens is 1. The van der Waals surface area contributed by atoms with Crippen LogP contribution in [-0.2, 0) is 4.79 Å². The number of methoxy groups -OCH3 is 2. The van der Waals surface area contributed by atoms with E-state index in [1.54, 1.807) is 32.4 Å². The molecule has 0 aliphatic rings. The third kappa shape index (κ3) is 4.88. The molecule has 1 amide bonds. The van der Waals surface area contributed by atoms with Gasteiger partial charge in [-0.15, -0.1) is 0 Å². The Morgan fingerprint density at radius 1 is 1.21 bits per heavy atom. The molecule has 0 saturated heterocycles. The van der Waals surface area contributed by atoms with Crippen LogP contribution in [-0.4, -0.2) is 26.7 Å². The van der Waals surface area contributed by atoms with E-state index in [2.05, 4.69) is 5.32 Å². The van der Waals surface area contributed by atoms with Crippen LogP contribution in [0.2, 0.25) is 5.02 Å².